The Bertz CT molecular complexity index is 365. The Balaban J connectivity index is 4.33. The van der Waals surface area contributed by atoms with Crippen LogP contribution in [0.5, 0.6) is 0 Å². The van der Waals surface area contributed by atoms with E-state index < -0.39 is 0 Å². The van der Waals surface area contributed by atoms with Crippen LogP contribution in [0.25, 0.3) is 0 Å². The number of nitrogens with one attached hydrogen (secondary N) is 1. The molecule has 2 amide bonds. The molecule has 0 saturated carbocycles. The van der Waals surface area contributed by atoms with Crippen molar-refractivity contribution in [3.63, 3.8) is 0 Å². The standard InChI is InChI=1S/C12H19N5O2/c1-15-11(18)9-16(2)10-12(19)17(7-3-5-13)8-4-6-14/h3-4,7-10H2,1-2H3,(H,15,18). The zero-order valence-electron chi connectivity index (χ0n) is 11.3. The summed E-state index contributed by atoms with van der Waals surface area (Å²) in [6.07, 6.45) is 0.465. The van der Waals surface area contributed by atoms with Gasteiger partial charge in [0.05, 0.1) is 38.1 Å². The second kappa shape index (κ2) is 9.86. The zero-order chi connectivity index (χ0) is 14.7. The van der Waals surface area contributed by atoms with E-state index in [1.165, 1.54) is 11.9 Å². The van der Waals surface area contributed by atoms with Crippen molar-refractivity contribution in [3.05, 3.63) is 0 Å². The fourth-order valence-electron chi connectivity index (χ4n) is 1.44. The minimum absolute atomic E-state index is 0.0876. The topological polar surface area (TPSA) is 100 Å². The summed E-state index contributed by atoms with van der Waals surface area (Å²) in [5.41, 5.74) is 0. The van der Waals surface area contributed by atoms with Gasteiger partial charge in [0.15, 0.2) is 0 Å². The molecular formula is C12H19N5O2. The maximum Gasteiger partial charge on any atom is 0.236 e. The molecule has 7 heteroatoms. The van der Waals surface area contributed by atoms with E-state index in [1.54, 1.807) is 11.9 Å². The van der Waals surface area contributed by atoms with Crippen molar-refractivity contribution in [3.8, 4) is 12.1 Å². The number of rotatable bonds is 8. The highest BCUT2D eigenvalue weighted by Crippen LogP contribution is 1.97. The molecule has 0 radical (unpaired) electrons. The highest BCUT2D eigenvalue weighted by atomic mass is 16.2. The first-order valence-electron chi connectivity index (χ1n) is 5.96. The molecule has 7 nitrogen and oxygen atoms in total. The number of carbonyl (C=O) groups is 2. The second-order valence-corrected chi connectivity index (χ2v) is 4.04. The van der Waals surface area contributed by atoms with E-state index >= 15 is 0 Å². The molecule has 0 aromatic rings. The van der Waals surface area contributed by atoms with Crippen molar-refractivity contribution in [1.29, 1.82) is 10.5 Å². The molecule has 0 aliphatic carbocycles. The van der Waals surface area contributed by atoms with Crippen LogP contribution in [-0.2, 0) is 9.59 Å². The first-order valence-corrected chi connectivity index (χ1v) is 5.96. The third kappa shape index (κ3) is 7.74. The van der Waals surface area contributed by atoms with Crippen molar-refractivity contribution < 1.29 is 9.59 Å². The Labute approximate surface area is 113 Å². The average Bonchev–Trinajstić information content (AvgIpc) is 2.38. The molecule has 0 fully saturated rings. The van der Waals surface area contributed by atoms with Gasteiger partial charge in [-0.25, -0.2) is 0 Å². The molecular weight excluding hydrogens is 246 g/mol. The van der Waals surface area contributed by atoms with Gasteiger partial charge in [0.25, 0.3) is 0 Å². The van der Waals surface area contributed by atoms with Gasteiger partial charge in [0, 0.05) is 20.1 Å². The first kappa shape index (κ1) is 16.9. The molecule has 104 valence electrons. The van der Waals surface area contributed by atoms with E-state index in [2.05, 4.69) is 5.32 Å². The minimum Gasteiger partial charge on any atom is -0.358 e. The predicted molar refractivity (Wildman–Crippen MR) is 68.6 cm³/mol. The van der Waals surface area contributed by atoms with Gasteiger partial charge in [-0.3, -0.25) is 14.5 Å². The summed E-state index contributed by atoms with van der Waals surface area (Å²) >= 11 is 0. The summed E-state index contributed by atoms with van der Waals surface area (Å²) in [6, 6.07) is 3.94. The molecule has 19 heavy (non-hydrogen) atoms. The summed E-state index contributed by atoms with van der Waals surface area (Å²) in [5, 5.41) is 19.6. The molecule has 0 aliphatic heterocycles. The maximum atomic E-state index is 12.0. The van der Waals surface area contributed by atoms with Crippen molar-refractivity contribution >= 4 is 11.8 Å². The van der Waals surface area contributed by atoms with Crippen LogP contribution in [0.15, 0.2) is 0 Å². The average molecular weight is 265 g/mol. The predicted octanol–water partition coefficient (Wildman–Crippen LogP) is -0.680. The molecule has 0 atom stereocenters. The Morgan fingerprint density at radius 1 is 1.11 bits per heavy atom. The monoisotopic (exact) mass is 265 g/mol. The molecule has 0 aromatic carbocycles. The summed E-state index contributed by atoms with van der Waals surface area (Å²) in [7, 11) is 3.20. The van der Waals surface area contributed by atoms with E-state index in [9.17, 15) is 9.59 Å². The van der Waals surface area contributed by atoms with Gasteiger partial charge in [-0.15, -0.1) is 0 Å². The third-order valence-electron chi connectivity index (χ3n) is 2.44. The quantitative estimate of drug-likeness (QED) is 0.626. The van der Waals surface area contributed by atoms with E-state index in [-0.39, 0.29) is 37.7 Å². The fourth-order valence-corrected chi connectivity index (χ4v) is 1.44. The van der Waals surface area contributed by atoms with Gasteiger partial charge in [-0.1, -0.05) is 0 Å². The minimum atomic E-state index is -0.183. The van der Waals surface area contributed by atoms with Crippen LogP contribution < -0.4 is 5.32 Å². The summed E-state index contributed by atoms with van der Waals surface area (Å²) in [5.74, 6) is -0.354. The Hall–Kier alpha value is -2.12. The third-order valence-corrected chi connectivity index (χ3v) is 2.44. The van der Waals surface area contributed by atoms with E-state index in [1.807, 2.05) is 12.1 Å². The van der Waals surface area contributed by atoms with Gasteiger partial charge < -0.3 is 10.2 Å². The van der Waals surface area contributed by atoms with E-state index in [0.717, 1.165) is 0 Å². The lowest BCUT2D eigenvalue weighted by atomic mass is 10.3. The second-order valence-electron chi connectivity index (χ2n) is 4.04. The van der Waals surface area contributed by atoms with Gasteiger partial charge >= 0.3 is 0 Å². The SMILES string of the molecule is CNC(=O)CN(C)CC(=O)N(CCC#N)CCC#N. The lowest BCUT2D eigenvalue weighted by molar-refractivity contribution is -0.132. The van der Waals surface area contributed by atoms with Crippen molar-refractivity contribution in [1.82, 2.24) is 15.1 Å². The van der Waals surface area contributed by atoms with Crippen molar-refractivity contribution in [2.75, 3.05) is 40.3 Å². The molecule has 0 aliphatic rings. The molecule has 0 aromatic heterocycles. The highest BCUT2D eigenvalue weighted by Gasteiger charge is 2.16. The number of nitrogens with zero attached hydrogens (tertiary/aromatic N) is 4. The van der Waals surface area contributed by atoms with Crippen LogP contribution in [0.3, 0.4) is 0 Å². The van der Waals surface area contributed by atoms with Crippen LogP contribution in [0.2, 0.25) is 0 Å². The Morgan fingerprint density at radius 3 is 2.05 bits per heavy atom. The van der Waals surface area contributed by atoms with Crippen LogP contribution in [-0.4, -0.2) is 61.9 Å². The largest absolute Gasteiger partial charge is 0.358 e. The summed E-state index contributed by atoms with van der Waals surface area (Å²) in [4.78, 5) is 26.2. The molecule has 0 saturated heterocycles. The van der Waals surface area contributed by atoms with Crippen LogP contribution in [0, 0.1) is 22.7 Å². The fraction of sp³-hybridized carbons (Fsp3) is 0.667. The van der Waals surface area contributed by atoms with Crippen molar-refractivity contribution in [2.24, 2.45) is 0 Å². The number of hydrogen-bond acceptors (Lipinski definition) is 5. The molecule has 0 unspecified atom stereocenters. The lowest BCUT2D eigenvalue weighted by Gasteiger charge is -2.23. The molecule has 0 bridgehead atoms. The van der Waals surface area contributed by atoms with Crippen LogP contribution >= 0.6 is 0 Å². The Morgan fingerprint density at radius 2 is 1.63 bits per heavy atom. The van der Waals surface area contributed by atoms with Gasteiger partial charge in [-0.2, -0.15) is 10.5 Å². The maximum absolute atomic E-state index is 12.0. The number of carbonyl (C=O) groups excluding carboxylic acids is 2. The van der Waals surface area contributed by atoms with Crippen molar-refractivity contribution in [2.45, 2.75) is 12.8 Å². The van der Waals surface area contributed by atoms with Gasteiger partial charge in [-0.05, 0) is 7.05 Å². The number of amides is 2. The number of likely N-dealkylation sites (N-methyl/N-ethyl adjacent to an activating group) is 2. The van der Waals surface area contributed by atoms with Crippen LogP contribution in [0.1, 0.15) is 12.8 Å². The summed E-state index contributed by atoms with van der Waals surface area (Å²) in [6.45, 7) is 0.840. The van der Waals surface area contributed by atoms with E-state index in [0.29, 0.717) is 13.1 Å². The Kier molecular flexibility index (Phi) is 8.76. The number of nitriles is 2. The van der Waals surface area contributed by atoms with Crippen LogP contribution in [0.4, 0.5) is 0 Å². The molecule has 0 heterocycles. The van der Waals surface area contributed by atoms with Gasteiger partial charge in [0.1, 0.15) is 0 Å². The van der Waals surface area contributed by atoms with Gasteiger partial charge in [0.2, 0.25) is 11.8 Å². The lowest BCUT2D eigenvalue weighted by Crippen LogP contribution is -2.42. The molecule has 0 rings (SSSR count). The molecule has 1 N–H and O–H groups in total. The first-order chi connectivity index (χ1) is 9.04. The smallest absolute Gasteiger partial charge is 0.236 e. The summed E-state index contributed by atoms with van der Waals surface area (Å²) < 4.78 is 0. The zero-order valence-corrected chi connectivity index (χ0v) is 11.3. The number of hydrogen-bond donors (Lipinski definition) is 1. The van der Waals surface area contributed by atoms with E-state index in [4.69, 9.17) is 10.5 Å². The highest BCUT2D eigenvalue weighted by molar-refractivity contribution is 5.81. The molecule has 0 spiro atoms. The normalized spacial score (nSPS) is 9.53.